The number of rotatable bonds is 9. The molecule has 1 rings (SSSR count). The number of hydrogen-bond donors (Lipinski definition) is 1. The van der Waals surface area contributed by atoms with Crippen molar-refractivity contribution in [2.75, 3.05) is 20.3 Å². The fourth-order valence-corrected chi connectivity index (χ4v) is 1.75. The van der Waals surface area contributed by atoms with E-state index in [2.05, 4.69) is 19.1 Å². The second kappa shape index (κ2) is 8.95. The zero-order valence-electron chi connectivity index (χ0n) is 11.5. The summed E-state index contributed by atoms with van der Waals surface area (Å²) in [5, 5.41) is 0. The number of benzene rings is 1. The van der Waals surface area contributed by atoms with Gasteiger partial charge in [0, 0.05) is 19.3 Å². The van der Waals surface area contributed by atoms with E-state index in [1.165, 1.54) is 12.0 Å². The molecular weight excluding hydrogens is 226 g/mol. The van der Waals surface area contributed by atoms with Crippen LogP contribution in [0.1, 0.15) is 31.7 Å². The van der Waals surface area contributed by atoms with E-state index in [0.29, 0.717) is 0 Å². The van der Waals surface area contributed by atoms with E-state index in [4.69, 9.17) is 15.2 Å². The summed E-state index contributed by atoms with van der Waals surface area (Å²) in [7, 11) is 1.67. The first-order valence-corrected chi connectivity index (χ1v) is 6.72. The Balaban J connectivity index is 2.20. The molecule has 0 bridgehead atoms. The fraction of sp³-hybridized carbons (Fsp3) is 0.600. The molecule has 0 radical (unpaired) electrons. The van der Waals surface area contributed by atoms with E-state index >= 15 is 0 Å². The number of ether oxygens (including phenoxy) is 2. The molecular formula is C15H25NO2. The van der Waals surface area contributed by atoms with Crippen molar-refractivity contribution < 1.29 is 9.47 Å². The van der Waals surface area contributed by atoms with Crippen molar-refractivity contribution in [3.63, 3.8) is 0 Å². The Morgan fingerprint density at radius 2 is 1.89 bits per heavy atom. The molecule has 0 aliphatic carbocycles. The Morgan fingerprint density at radius 3 is 2.50 bits per heavy atom. The first kappa shape index (κ1) is 15.0. The lowest BCUT2D eigenvalue weighted by molar-refractivity contribution is 0.124. The van der Waals surface area contributed by atoms with Crippen LogP contribution in [0.5, 0.6) is 5.75 Å². The van der Waals surface area contributed by atoms with E-state index < -0.39 is 0 Å². The average molecular weight is 251 g/mol. The summed E-state index contributed by atoms with van der Waals surface area (Å²) >= 11 is 0. The third kappa shape index (κ3) is 6.03. The Bertz CT molecular complexity index is 311. The van der Waals surface area contributed by atoms with Crippen LogP contribution >= 0.6 is 0 Å². The van der Waals surface area contributed by atoms with E-state index in [0.717, 1.165) is 38.2 Å². The van der Waals surface area contributed by atoms with E-state index in [1.807, 2.05) is 12.1 Å². The minimum atomic E-state index is 0.167. The molecule has 0 aromatic heterocycles. The van der Waals surface area contributed by atoms with Crippen LogP contribution in [0.25, 0.3) is 0 Å². The summed E-state index contributed by atoms with van der Waals surface area (Å²) < 4.78 is 10.6. The molecule has 3 heteroatoms. The lowest BCUT2D eigenvalue weighted by Gasteiger charge is -2.12. The number of methoxy groups -OCH3 is 1. The summed E-state index contributed by atoms with van der Waals surface area (Å²) in [5.74, 6) is 0.884. The minimum Gasteiger partial charge on any atom is -0.497 e. The molecule has 1 aromatic carbocycles. The van der Waals surface area contributed by atoms with Crippen molar-refractivity contribution in [3.05, 3.63) is 29.8 Å². The monoisotopic (exact) mass is 251 g/mol. The first-order valence-electron chi connectivity index (χ1n) is 6.72. The molecule has 0 aliphatic rings. The predicted octanol–water partition coefficient (Wildman–Crippen LogP) is 2.77. The first-order chi connectivity index (χ1) is 8.76. The molecule has 2 N–H and O–H groups in total. The van der Waals surface area contributed by atoms with Crippen LogP contribution in [0.3, 0.4) is 0 Å². The lowest BCUT2D eigenvalue weighted by Crippen LogP contribution is -2.24. The zero-order chi connectivity index (χ0) is 13.2. The highest BCUT2D eigenvalue weighted by Gasteiger charge is 2.04. The number of unbranched alkanes of at least 4 members (excludes halogenated alkanes) is 1. The van der Waals surface area contributed by atoms with Gasteiger partial charge in [-0.2, -0.15) is 0 Å². The molecule has 1 unspecified atom stereocenters. The third-order valence-corrected chi connectivity index (χ3v) is 2.93. The van der Waals surface area contributed by atoms with Crippen LogP contribution in [0.15, 0.2) is 24.3 Å². The van der Waals surface area contributed by atoms with Gasteiger partial charge in [-0.15, -0.1) is 0 Å². The second-order valence-corrected chi connectivity index (χ2v) is 4.57. The number of nitrogens with two attached hydrogens (primary N) is 1. The predicted molar refractivity (Wildman–Crippen MR) is 75.0 cm³/mol. The maximum absolute atomic E-state index is 6.08. The van der Waals surface area contributed by atoms with Gasteiger partial charge in [0.15, 0.2) is 0 Å². The Hall–Kier alpha value is -1.06. The minimum absolute atomic E-state index is 0.167. The molecule has 0 heterocycles. The van der Waals surface area contributed by atoms with Gasteiger partial charge in [-0.25, -0.2) is 0 Å². The van der Waals surface area contributed by atoms with Crippen molar-refractivity contribution in [3.8, 4) is 5.75 Å². The quantitative estimate of drug-likeness (QED) is 0.686. The maximum Gasteiger partial charge on any atom is 0.118 e. The van der Waals surface area contributed by atoms with Crippen molar-refractivity contribution in [1.29, 1.82) is 0 Å². The van der Waals surface area contributed by atoms with E-state index in [9.17, 15) is 0 Å². The highest BCUT2D eigenvalue weighted by Crippen LogP contribution is 2.12. The highest BCUT2D eigenvalue weighted by atomic mass is 16.5. The molecule has 1 aromatic rings. The van der Waals surface area contributed by atoms with E-state index in [-0.39, 0.29) is 6.04 Å². The molecule has 0 spiro atoms. The largest absolute Gasteiger partial charge is 0.497 e. The van der Waals surface area contributed by atoms with Crippen molar-refractivity contribution in [2.24, 2.45) is 5.73 Å². The van der Waals surface area contributed by atoms with Gasteiger partial charge in [-0.1, -0.05) is 25.5 Å². The molecule has 18 heavy (non-hydrogen) atoms. The Kier molecular flexibility index (Phi) is 7.46. The molecule has 0 aliphatic heterocycles. The van der Waals surface area contributed by atoms with Gasteiger partial charge in [0.2, 0.25) is 0 Å². The molecule has 3 nitrogen and oxygen atoms in total. The fourth-order valence-electron chi connectivity index (χ4n) is 1.75. The lowest BCUT2D eigenvalue weighted by atomic mass is 10.0. The Labute approximate surface area is 110 Å². The average Bonchev–Trinajstić information content (AvgIpc) is 2.39. The molecule has 1 atom stereocenters. The topological polar surface area (TPSA) is 44.5 Å². The van der Waals surface area contributed by atoms with Crippen molar-refractivity contribution in [1.82, 2.24) is 0 Å². The number of hydrogen-bond acceptors (Lipinski definition) is 3. The van der Waals surface area contributed by atoms with Gasteiger partial charge >= 0.3 is 0 Å². The van der Waals surface area contributed by atoms with Crippen molar-refractivity contribution >= 4 is 0 Å². The van der Waals surface area contributed by atoms with Gasteiger partial charge in [0.05, 0.1) is 7.11 Å². The van der Waals surface area contributed by atoms with Crippen molar-refractivity contribution in [2.45, 2.75) is 38.6 Å². The SMILES string of the molecule is CCCCOCCC(N)Cc1ccc(OC)cc1. The van der Waals surface area contributed by atoms with Gasteiger partial charge in [0.1, 0.15) is 5.75 Å². The highest BCUT2D eigenvalue weighted by molar-refractivity contribution is 5.27. The van der Waals surface area contributed by atoms with Crippen LogP contribution in [0.2, 0.25) is 0 Å². The van der Waals surface area contributed by atoms with Crippen LogP contribution in [0, 0.1) is 0 Å². The summed E-state index contributed by atoms with van der Waals surface area (Å²) in [5.41, 5.74) is 7.33. The maximum atomic E-state index is 6.08. The van der Waals surface area contributed by atoms with Crippen LogP contribution in [-0.2, 0) is 11.2 Å². The smallest absolute Gasteiger partial charge is 0.118 e. The van der Waals surface area contributed by atoms with Gasteiger partial charge < -0.3 is 15.2 Å². The summed E-state index contributed by atoms with van der Waals surface area (Å²) in [4.78, 5) is 0. The van der Waals surface area contributed by atoms with Crippen LogP contribution in [-0.4, -0.2) is 26.4 Å². The summed E-state index contributed by atoms with van der Waals surface area (Å²) in [6.45, 7) is 3.78. The molecule has 102 valence electrons. The van der Waals surface area contributed by atoms with Crippen LogP contribution < -0.4 is 10.5 Å². The molecule has 0 saturated carbocycles. The summed E-state index contributed by atoms with van der Waals surface area (Å²) in [6, 6.07) is 8.24. The third-order valence-electron chi connectivity index (χ3n) is 2.93. The molecule has 0 amide bonds. The molecule has 0 fully saturated rings. The van der Waals surface area contributed by atoms with Gasteiger partial charge in [0.25, 0.3) is 0 Å². The zero-order valence-corrected chi connectivity index (χ0v) is 11.5. The normalized spacial score (nSPS) is 12.4. The summed E-state index contributed by atoms with van der Waals surface area (Å²) in [6.07, 6.45) is 4.11. The van der Waals surface area contributed by atoms with Crippen LogP contribution in [0.4, 0.5) is 0 Å². The van der Waals surface area contributed by atoms with Gasteiger partial charge in [-0.05, 0) is 37.0 Å². The second-order valence-electron chi connectivity index (χ2n) is 4.57. The van der Waals surface area contributed by atoms with Gasteiger partial charge in [-0.3, -0.25) is 0 Å². The Morgan fingerprint density at radius 1 is 1.17 bits per heavy atom. The standard InChI is InChI=1S/C15H25NO2/c1-3-4-10-18-11-9-14(16)12-13-5-7-15(17-2)8-6-13/h5-8,14H,3-4,9-12,16H2,1-2H3. The van der Waals surface area contributed by atoms with E-state index in [1.54, 1.807) is 7.11 Å². The molecule has 0 saturated heterocycles.